The zero-order valence-corrected chi connectivity index (χ0v) is 12.0. The van der Waals surface area contributed by atoms with Crippen LogP contribution in [0.3, 0.4) is 0 Å². The molecule has 0 fully saturated rings. The van der Waals surface area contributed by atoms with Crippen molar-refractivity contribution >= 4 is 30.9 Å². The average Bonchev–Trinajstić information content (AvgIpc) is 2.61. The van der Waals surface area contributed by atoms with E-state index in [2.05, 4.69) is 47.0 Å². The fourth-order valence-corrected chi connectivity index (χ4v) is 5.99. The molecule has 0 amide bonds. The molecule has 0 aliphatic rings. The Morgan fingerprint density at radius 1 is 1.25 bits per heavy atom. The molecule has 86 valence electrons. The standard InChI is InChI=1S/C11H17N3SSi/c1-15-11(16(2,3)4)14-10-8-6-5-7-9(10)12-13-14/h5-8,11H,1-4H3. The molecule has 1 atom stereocenters. The number of hydrogen-bond acceptors (Lipinski definition) is 3. The molecular weight excluding hydrogens is 234 g/mol. The van der Waals surface area contributed by atoms with Crippen LogP contribution in [0.25, 0.3) is 11.0 Å². The molecule has 0 spiro atoms. The molecule has 5 heteroatoms. The molecular formula is C11H17N3SSi. The fraction of sp³-hybridized carbons (Fsp3) is 0.455. The van der Waals surface area contributed by atoms with Crippen LogP contribution < -0.4 is 0 Å². The molecule has 1 aromatic heterocycles. The van der Waals surface area contributed by atoms with E-state index in [1.807, 2.05) is 30.0 Å². The van der Waals surface area contributed by atoms with E-state index in [1.54, 1.807) is 0 Å². The number of rotatable bonds is 3. The van der Waals surface area contributed by atoms with Crippen LogP contribution in [0.15, 0.2) is 24.3 Å². The van der Waals surface area contributed by atoms with Crippen molar-refractivity contribution in [3.63, 3.8) is 0 Å². The molecule has 0 radical (unpaired) electrons. The lowest BCUT2D eigenvalue weighted by atomic mass is 10.3. The lowest BCUT2D eigenvalue weighted by Gasteiger charge is -2.27. The predicted octanol–water partition coefficient (Wildman–Crippen LogP) is 3.17. The Bertz CT molecular complexity index is 489. The Hall–Kier alpha value is -0.813. The molecule has 1 heterocycles. The molecule has 1 aromatic carbocycles. The van der Waals surface area contributed by atoms with E-state index in [0.717, 1.165) is 11.0 Å². The van der Waals surface area contributed by atoms with Gasteiger partial charge in [-0.1, -0.05) is 37.0 Å². The van der Waals surface area contributed by atoms with Gasteiger partial charge in [0.25, 0.3) is 0 Å². The van der Waals surface area contributed by atoms with Crippen molar-refractivity contribution in [1.29, 1.82) is 0 Å². The summed E-state index contributed by atoms with van der Waals surface area (Å²) in [5.41, 5.74) is 2.13. The van der Waals surface area contributed by atoms with Crippen LogP contribution in [0.5, 0.6) is 0 Å². The Morgan fingerprint density at radius 2 is 1.94 bits per heavy atom. The minimum absolute atomic E-state index is 0.444. The van der Waals surface area contributed by atoms with Gasteiger partial charge in [-0.15, -0.1) is 16.9 Å². The van der Waals surface area contributed by atoms with Crippen molar-refractivity contribution in [1.82, 2.24) is 15.0 Å². The number of para-hydroxylation sites is 1. The fourth-order valence-electron chi connectivity index (χ4n) is 1.88. The average molecular weight is 251 g/mol. The molecule has 0 bridgehead atoms. The van der Waals surface area contributed by atoms with Gasteiger partial charge in [0, 0.05) is 0 Å². The van der Waals surface area contributed by atoms with Crippen LogP contribution in [0.1, 0.15) is 5.00 Å². The van der Waals surface area contributed by atoms with Gasteiger partial charge in [-0.05, 0) is 18.4 Å². The number of aromatic nitrogens is 3. The summed E-state index contributed by atoms with van der Waals surface area (Å²) < 4.78 is 2.09. The summed E-state index contributed by atoms with van der Waals surface area (Å²) in [6, 6.07) is 8.16. The van der Waals surface area contributed by atoms with Crippen LogP contribution in [-0.2, 0) is 0 Å². The normalized spacial score (nSPS) is 14.2. The number of nitrogens with zero attached hydrogens (tertiary/aromatic N) is 3. The van der Waals surface area contributed by atoms with Crippen molar-refractivity contribution in [3.05, 3.63) is 24.3 Å². The smallest absolute Gasteiger partial charge is 0.113 e. The first-order chi connectivity index (χ1) is 7.54. The zero-order valence-electron chi connectivity index (χ0n) is 10.1. The van der Waals surface area contributed by atoms with Gasteiger partial charge < -0.3 is 0 Å². The summed E-state index contributed by atoms with van der Waals surface area (Å²) in [4.78, 5) is 0.444. The van der Waals surface area contributed by atoms with E-state index < -0.39 is 8.07 Å². The molecule has 0 aliphatic heterocycles. The zero-order chi connectivity index (χ0) is 11.8. The van der Waals surface area contributed by atoms with Crippen molar-refractivity contribution in [2.45, 2.75) is 24.6 Å². The quantitative estimate of drug-likeness (QED) is 0.785. The van der Waals surface area contributed by atoms with E-state index >= 15 is 0 Å². The van der Waals surface area contributed by atoms with Crippen molar-refractivity contribution < 1.29 is 0 Å². The van der Waals surface area contributed by atoms with Crippen LogP contribution in [-0.4, -0.2) is 29.3 Å². The molecule has 0 N–H and O–H groups in total. The van der Waals surface area contributed by atoms with Gasteiger partial charge in [-0.25, -0.2) is 4.68 Å². The predicted molar refractivity (Wildman–Crippen MR) is 73.4 cm³/mol. The lowest BCUT2D eigenvalue weighted by molar-refractivity contribution is 0.690. The second-order valence-corrected chi connectivity index (χ2v) is 11.6. The number of hydrogen-bond donors (Lipinski definition) is 0. The molecule has 1 unspecified atom stereocenters. The summed E-state index contributed by atoms with van der Waals surface area (Å²) in [6.07, 6.45) is 2.15. The first-order valence-corrected chi connectivity index (χ1v) is 10.2. The second-order valence-electron chi connectivity index (χ2n) is 4.98. The Morgan fingerprint density at radius 3 is 2.56 bits per heavy atom. The van der Waals surface area contributed by atoms with Crippen LogP contribution in [0.2, 0.25) is 19.6 Å². The Balaban J connectivity index is 2.54. The molecule has 2 rings (SSSR count). The molecule has 3 nitrogen and oxygen atoms in total. The number of thioether (sulfide) groups is 1. The van der Waals surface area contributed by atoms with Gasteiger partial charge in [-0.2, -0.15) is 0 Å². The first-order valence-electron chi connectivity index (χ1n) is 5.37. The first kappa shape index (κ1) is 11.7. The molecule has 0 aliphatic carbocycles. The Labute approximate surface area is 101 Å². The van der Waals surface area contributed by atoms with E-state index in [1.165, 1.54) is 0 Å². The van der Waals surface area contributed by atoms with Gasteiger partial charge in [0.15, 0.2) is 0 Å². The van der Waals surface area contributed by atoms with Crippen LogP contribution in [0, 0.1) is 0 Å². The highest BCUT2D eigenvalue weighted by Crippen LogP contribution is 2.32. The summed E-state index contributed by atoms with van der Waals surface area (Å²) in [5.74, 6) is 0. The van der Waals surface area contributed by atoms with Gasteiger partial charge in [0.05, 0.1) is 18.6 Å². The minimum Gasteiger partial charge on any atom is -0.235 e. The maximum Gasteiger partial charge on any atom is 0.113 e. The maximum atomic E-state index is 4.31. The van der Waals surface area contributed by atoms with Crippen LogP contribution >= 0.6 is 11.8 Å². The third-order valence-electron chi connectivity index (χ3n) is 2.56. The summed E-state index contributed by atoms with van der Waals surface area (Å²) in [5, 5.41) is 8.54. The van der Waals surface area contributed by atoms with Gasteiger partial charge >= 0.3 is 0 Å². The summed E-state index contributed by atoms with van der Waals surface area (Å²) in [7, 11) is -1.29. The van der Waals surface area contributed by atoms with Gasteiger partial charge in [0.1, 0.15) is 5.52 Å². The van der Waals surface area contributed by atoms with E-state index in [9.17, 15) is 0 Å². The molecule has 0 saturated heterocycles. The van der Waals surface area contributed by atoms with E-state index in [4.69, 9.17) is 0 Å². The summed E-state index contributed by atoms with van der Waals surface area (Å²) in [6.45, 7) is 7.10. The van der Waals surface area contributed by atoms with Crippen molar-refractivity contribution in [2.24, 2.45) is 0 Å². The third-order valence-corrected chi connectivity index (χ3v) is 7.76. The topological polar surface area (TPSA) is 30.7 Å². The van der Waals surface area contributed by atoms with E-state index in [-0.39, 0.29) is 0 Å². The lowest BCUT2D eigenvalue weighted by Crippen LogP contribution is -2.33. The third kappa shape index (κ3) is 2.01. The van der Waals surface area contributed by atoms with Crippen LogP contribution in [0.4, 0.5) is 0 Å². The highest BCUT2D eigenvalue weighted by Gasteiger charge is 2.29. The molecule has 16 heavy (non-hydrogen) atoms. The minimum atomic E-state index is -1.29. The molecule has 2 aromatic rings. The highest BCUT2D eigenvalue weighted by molar-refractivity contribution is 8.00. The van der Waals surface area contributed by atoms with Gasteiger partial charge in [0.2, 0.25) is 0 Å². The molecule has 0 saturated carbocycles. The van der Waals surface area contributed by atoms with E-state index in [0.29, 0.717) is 5.00 Å². The Kier molecular flexibility index (Phi) is 3.07. The number of benzene rings is 1. The monoisotopic (exact) mass is 251 g/mol. The highest BCUT2D eigenvalue weighted by atomic mass is 32.2. The number of fused-ring (bicyclic) bond motifs is 1. The summed E-state index contributed by atoms with van der Waals surface area (Å²) >= 11 is 1.87. The largest absolute Gasteiger partial charge is 0.235 e. The SMILES string of the molecule is CSC(n1nnc2ccccc21)[Si](C)(C)C. The van der Waals surface area contributed by atoms with Crippen molar-refractivity contribution in [3.8, 4) is 0 Å². The van der Waals surface area contributed by atoms with Crippen molar-refractivity contribution in [2.75, 3.05) is 6.26 Å². The second kappa shape index (κ2) is 4.22. The van der Waals surface area contributed by atoms with Gasteiger partial charge in [-0.3, -0.25) is 0 Å². The maximum absolute atomic E-state index is 4.31.